The number of piperidine rings is 1. The minimum absolute atomic E-state index is 0.0652. The summed E-state index contributed by atoms with van der Waals surface area (Å²) in [6.07, 6.45) is 9.31. The van der Waals surface area contributed by atoms with E-state index in [1.807, 2.05) is 47.2 Å². The first-order valence-electron chi connectivity index (χ1n) is 9.52. The average molecular weight is 366 g/mol. The van der Waals surface area contributed by atoms with Crippen molar-refractivity contribution in [3.8, 4) is 12.3 Å². The molecule has 0 aliphatic carbocycles. The number of rotatable bonds is 7. The van der Waals surface area contributed by atoms with Crippen LogP contribution in [0.25, 0.3) is 0 Å². The lowest BCUT2D eigenvalue weighted by atomic mass is 9.99. The number of benzene rings is 1. The summed E-state index contributed by atoms with van der Waals surface area (Å²) in [6, 6.07) is 9.51. The number of hydrogen-bond donors (Lipinski definition) is 0. The van der Waals surface area contributed by atoms with Gasteiger partial charge >= 0.3 is 0 Å². The Kier molecular flexibility index (Phi) is 5.90. The summed E-state index contributed by atoms with van der Waals surface area (Å²) < 4.78 is 0. The van der Waals surface area contributed by atoms with Gasteiger partial charge in [0.15, 0.2) is 5.66 Å². The SMILES string of the molecule is C#CCCC1(CCC(=O)N(C)C2CCN(C(=O)c3ccccc3)CC2)N=N1. The number of terminal acetylenes is 1. The molecule has 2 aliphatic rings. The fourth-order valence-corrected chi connectivity index (χ4v) is 3.57. The van der Waals surface area contributed by atoms with Crippen LogP contribution in [0.4, 0.5) is 0 Å². The molecule has 3 rings (SSSR count). The third-order valence-corrected chi connectivity index (χ3v) is 5.51. The predicted octanol–water partition coefficient (Wildman–Crippen LogP) is 3.11. The van der Waals surface area contributed by atoms with Crippen LogP contribution in [0.1, 0.15) is 48.9 Å². The molecule has 6 heteroatoms. The molecule has 0 N–H and O–H groups in total. The molecule has 0 unspecified atom stereocenters. The van der Waals surface area contributed by atoms with Gasteiger partial charge in [-0.25, -0.2) is 0 Å². The Morgan fingerprint density at radius 3 is 2.48 bits per heavy atom. The summed E-state index contributed by atoms with van der Waals surface area (Å²) >= 11 is 0. The first kappa shape index (κ1) is 19.1. The van der Waals surface area contributed by atoms with Crippen molar-refractivity contribution in [2.45, 2.75) is 50.2 Å². The van der Waals surface area contributed by atoms with Gasteiger partial charge < -0.3 is 9.80 Å². The Balaban J connectivity index is 1.44. The van der Waals surface area contributed by atoms with Crippen molar-refractivity contribution in [3.63, 3.8) is 0 Å². The second-order valence-electron chi connectivity index (χ2n) is 7.28. The number of hydrogen-bond acceptors (Lipinski definition) is 4. The maximum atomic E-state index is 12.5. The Labute approximate surface area is 160 Å². The van der Waals surface area contributed by atoms with Crippen LogP contribution in [-0.4, -0.2) is 53.5 Å². The molecule has 0 atom stereocenters. The van der Waals surface area contributed by atoms with Crippen molar-refractivity contribution >= 4 is 11.8 Å². The highest BCUT2D eigenvalue weighted by Gasteiger charge is 2.40. The highest BCUT2D eigenvalue weighted by molar-refractivity contribution is 5.94. The maximum Gasteiger partial charge on any atom is 0.253 e. The summed E-state index contributed by atoms with van der Waals surface area (Å²) in [4.78, 5) is 28.8. The summed E-state index contributed by atoms with van der Waals surface area (Å²) in [6.45, 7) is 1.35. The van der Waals surface area contributed by atoms with Crippen molar-refractivity contribution in [2.75, 3.05) is 20.1 Å². The summed E-state index contributed by atoms with van der Waals surface area (Å²) in [7, 11) is 1.86. The van der Waals surface area contributed by atoms with Crippen LogP contribution in [-0.2, 0) is 4.79 Å². The molecule has 0 bridgehead atoms. The van der Waals surface area contributed by atoms with E-state index in [-0.39, 0.29) is 17.9 Å². The third-order valence-electron chi connectivity index (χ3n) is 5.51. The van der Waals surface area contributed by atoms with Gasteiger partial charge in [0.1, 0.15) is 0 Å². The average Bonchev–Trinajstić information content (AvgIpc) is 3.50. The molecule has 2 aliphatic heterocycles. The topological polar surface area (TPSA) is 65.3 Å². The van der Waals surface area contributed by atoms with Crippen molar-refractivity contribution < 1.29 is 9.59 Å². The second kappa shape index (κ2) is 8.34. The Morgan fingerprint density at radius 2 is 1.89 bits per heavy atom. The molecule has 27 heavy (non-hydrogen) atoms. The number of carbonyl (C=O) groups excluding carboxylic acids is 2. The highest BCUT2D eigenvalue weighted by atomic mass is 16.2. The van der Waals surface area contributed by atoms with E-state index >= 15 is 0 Å². The Hall–Kier alpha value is -2.68. The van der Waals surface area contributed by atoms with Crippen LogP contribution < -0.4 is 0 Å². The quantitative estimate of drug-likeness (QED) is 0.696. The molecule has 1 aromatic carbocycles. The van der Waals surface area contributed by atoms with Crippen LogP contribution in [0.15, 0.2) is 40.6 Å². The van der Waals surface area contributed by atoms with Gasteiger partial charge in [-0.3, -0.25) is 9.59 Å². The number of likely N-dealkylation sites (tertiary alicyclic amines) is 1. The monoisotopic (exact) mass is 366 g/mol. The van der Waals surface area contributed by atoms with Crippen LogP contribution in [0, 0.1) is 12.3 Å². The van der Waals surface area contributed by atoms with E-state index in [0.717, 1.165) is 24.8 Å². The van der Waals surface area contributed by atoms with Gasteiger partial charge in [-0.1, -0.05) is 18.2 Å². The van der Waals surface area contributed by atoms with Crippen molar-refractivity contribution in [2.24, 2.45) is 10.2 Å². The fraction of sp³-hybridized carbons (Fsp3) is 0.524. The molecule has 1 aromatic rings. The zero-order valence-electron chi connectivity index (χ0n) is 15.8. The zero-order chi connectivity index (χ0) is 19.3. The van der Waals surface area contributed by atoms with E-state index in [0.29, 0.717) is 32.4 Å². The van der Waals surface area contributed by atoms with E-state index in [1.54, 1.807) is 0 Å². The zero-order valence-corrected chi connectivity index (χ0v) is 15.8. The fourth-order valence-electron chi connectivity index (χ4n) is 3.57. The lowest BCUT2D eigenvalue weighted by molar-refractivity contribution is -0.133. The number of carbonyl (C=O) groups is 2. The summed E-state index contributed by atoms with van der Waals surface area (Å²) in [5, 5.41) is 8.18. The van der Waals surface area contributed by atoms with Gasteiger partial charge in [0, 0.05) is 57.4 Å². The molecule has 0 spiro atoms. The molecule has 0 aromatic heterocycles. The summed E-state index contributed by atoms with van der Waals surface area (Å²) in [5.74, 6) is 2.78. The standard InChI is InChI=1S/C21H26N4O2/c1-3-4-13-21(22-23-21)14-10-19(26)24(2)18-11-15-25(16-12-18)20(27)17-8-6-5-7-9-17/h1,5-9,18H,4,10-16H2,2H3. The maximum absolute atomic E-state index is 12.5. The minimum Gasteiger partial charge on any atom is -0.343 e. The molecule has 2 heterocycles. The van der Waals surface area contributed by atoms with E-state index in [4.69, 9.17) is 6.42 Å². The lowest BCUT2D eigenvalue weighted by Crippen LogP contribution is -2.47. The summed E-state index contributed by atoms with van der Waals surface area (Å²) in [5.41, 5.74) is 0.309. The van der Waals surface area contributed by atoms with Gasteiger partial charge in [0.25, 0.3) is 5.91 Å². The van der Waals surface area contributed by atoms with E-state index < -0.39 is 5.66 Å². The molecular weight excluding hydrogens is 340 g/mol. The Bertz CT molecular complexity index is 739. The molecule has 0 radical (unpaired) electrons. The van der Waals surface area contributed by atoms with E-state index in [9.17, 15) is 9.59 Å². The van der Waals surface area contributed by atoms with Crippen LogP contribution in [0.5, 0.6) is 0 Å². The molecule has 2 amide bonds. The lowest BCUT2D eigenvalue weighted by Gasteiger charge is -2.37. The Morgan fingerprint density at radius 1 is 1.22 bits per heavy atom. The number of amides is 2. The molecule has 1 saturated heterocycles. The van der Waals surface area contributed by atoms with Crippen molar-refractivity contribution in [3.05, 3.63) is 35.9 Å². The highest BCUT2D eigenvalue weighted by Crippen LogP contribution is 2.37. The van der Waals surface area contributed by atoms with Gasteiger partial charge in [-0.15, -0.1) is 12.3 Å². The number of nitrogens with zero attached hydrogens (tertiary/aromatic N) is 4. The minimum atomic E-state index is -0.408. The molecule has 142 valence electrons. The first-order chi connectivity index (χ1) is 13.0. The molecule has 6 nitrogen and oxygen atoms in total. The molecule has 1 fully saturated rings. The normalized spacial score (nSPS) is 18.0. The third kappa shape index (κ3) is 4.73. The second-order valence-corrected chi connectivity index (χ2v) is 7.28. The largest absolute Gasteiger partial charge is 0.343 e. The molecular formula is C21H26N4O2. The van der Waals surface area contributed by atoms with E-state index in [2.05, 4.69) is 16.1 Å². The first-order valence-corrected chi connectivity index (χ1v) is 9.52. The van der Waals surface area contributed by atoms with E-state index in [1.165, 1.54) is 0 Å². The van der Waals surface area contributed by atoms with Gasteiger partial charge in [-0.05, 0) is 25.0 Å². The van der Waals surface area contributed by atoms with Gasteiger partial charge in [0.05, 0.1) is 0 Å². The van der Waals surface area contributed by atoms with Crippen molar-refractivity contribution in [1.82, 2.24) is 9.80 Å². The van der Waals surface area contributed by atoms with Gasteiger partial charge in [0.2, 0.25) is 5.91 Å². The smallest absolute Gasteiger partial charge is 0.253 e. The molecule has 0 saturated carbocycles. The predicted molar refractivity (Wildman–Crippen MR) is 103 cm³/mol. The van der Waals surface area contributed by atoms with Crippen LogP contribution in [0.3, 0.4) is 0 Å². The van der Waals surface area contributed by atoms with Gasteiger partial charge in [-0.2, -0.15) is 10.2 Å². The van der Waals surface area contributed by atoms with Crippen LogP contribution >= 0.6 is 0 Å². The van der Waals surface area contributed by atoms with Crippen LogP contribution in [0.2, 0.25) is 0 Å². The van der Waals surface area contributed by atoms with Crippen molar-refractivity contribution in [1.29, 1.82) is 0 Å².